The van der Waals surface area contributed by atoms with E-state index >= 15 is 0 Å². The Morgan fingerprint density at radius 1 is 1.24 bits per heavy atom. The van der Waals surface area contributed by atoms with Crippen molar-refractivity contribution in [1.29, 1.82) is 0 Å². The number of rotatable bonds is 7. The number of benzene rings is 1. The van der Waals surface area contributed by atoms with E-state index in [1.165, 1.54) is 17.3 Å². The molecular formula is C16H23NO3S. The van der Waals surface area contributed by atoms with Gasteiger partial charge in [-0.1, -0.05) is 43.7 Å². The molecule has 0 saturated carbocycles. The van der Waals surface area contributed by atoms with Gasteiger partial charge >= 0.3 is 5.97 Å². The van der Waals surface area contributed by atoms with Crippen molar-refractivity contribution < 1.29 is 14.7 Å². The van der Waals surface area contributed by atoms with E-state index < -0.39 is 11.2 Å². The molecule has 116 valence electrons. The van der Waals surface area contributed by atoms with Crippen LogP contribution in [0, 0.1) is 12.8 Å². The molecule has 0 aromatic heterocycles. The smallest absolute Gasteiger partial charge is 0.316 e. The van der Waals surface area contributed by atoms with Gasteiger partial charge in [-0.15, -0.1) is 11.8 Å². The van der Waals surface area contributed by atoms with Crippen LogP contribution < -0.4 is 0 Å². The molecule has 0 aliphatic carbocycles. The molecule has 0 aliphatic heterocycles. The molecule has 1 rings (SSSR count). The van der Waals surface area contributed by atoms with Gasteiger partial charge in [-0.3, -0.25) is 9.59 Å². The number of nitrogens with zero attached hydrogens (tertiary/aromatic N) is 1. The van der Waals surface area contributed by atoms with Crippen molar-refractivity contribution in [1.82, 2.24) is 4.90 Å². The Bertz CT molecular complexity index is 485. The van der Waals surface area contributed by atoms with Gasteiger partial charge in [0.1, 0.15) is 5.25 Å². The topological polar surface area (TPSA) is 57.6 Å². The van der Waals surface area contributed by atoms with Crippen molar-refractivity contribution in [3.8, 4) is 0 Å². The second-order valence-corrected chi connectivity index (χ2v) is 6.68. The second-order valence-electron chi connectivity index (χ2n) is 5.55. The first-order chi connectivity index (χ1) is 9.81. The average molecular weight is 309 g/mol. The second kappa shape index (κ2) is 8.08. The molecule has 4 nitrogen and oxygen atoms in total. The highest BCUT2D eigenvalue weighted by Crippen LogP contribution is 2.20. The Labute approximate surface area is 130 Å². The van der Waals surface area contributed by atoms with Gasteiger partial charge in [0.2, 0.25) is 5.91 Å². The lowest BCUT2D eigenvalue weighted by Crippen LogP contribution is -2.30. The van der Waals surface area contributed by atoms with Crippen molar-refractivity contribution >= 4 is 23.6 Å². The van der Waals surface area contributed by atoms with Crippen LogP contribution >= 0.6 is 11.8 Å². The van der Waals surface area contributed by atoms with Crippen LogP contribution in [0.2, 0.25) is 0 Å². The van der Waals surface area contributed by atoms with Gasteiger partial charge in [0.15, 0.2) is 0 Å². The zero-order valence-electron chi connectivity index (χ0n) is 13.0. The first kappa shape index (κ1) is 17.6. The predicted octanol–water partition coefficient (Wildman–Crippen LogP) is 2.80. The maximum absolute atomic E-state index is 12.1. The predicted molar refractivity (Wildman–Crippen MR) is 86.4 cm³/mol. The molecule has 1 atom stereocenters. The number of carboxylic acid groups (broad SMARTS) is 1. The number of carbonyl (C=O) groups excluding carboxylic acids is 1. The largest absolute Gasteiger partial charge is 0.480 e. The standard InChI is InChI=1S/C16H23NO3S/c1-11(2)15(16(19)20)21-10-14(18)17(4)9-13-7-5-12(3)6-8-13/h5-8,11,15H,9-10H2,1-4H3,(H,19,20). The molecule has 1 N–H and O–H groups in total. The summed E-state index contributed by atoms with van der Waals surface area (Å²) >= 11 is 1.20. The number of aryl methyl sites for hydroxylation is 1. The van der Waals surface area contributed by atoms with Crippen LogP contribution in [0.1, 0.15) is 25.0 Å². The van der Waals surface area contributed by atoms with E-state index in [2.05, 4.69) is 0 Å². The van der Waals surface area contributed by atoms with Crippen molar-refractivity contribution in [2.45, 2.75) is 32.6 Å². The third-order valence-corrected chi connectivity index (χ3v) is 4.72. The monoisotopic (exact) mass is 309 g/mol. The van der Waals surface area contributed by atoms with Crippen LogP contribution in [0.5, 0.6) is 0 Å². The fourth-order valence-electron chi connectivity index (χ4n) is 1.88. The van der Waals surface area contributed by atoms with Gasteiger partial charge in [0, 0.05) is 13.6 Å². The van der Waals surface area contributed by atoms with Crippen LogP contribution in [-0.4, -0.2) is 39.9 Å². The van der Waals surface area contributed by atoms with Gasteiger partial charge in [0.05, 0.1) is 5.75 Å². The maximum atomic E-state index is 12.1. The summed E-state index contributed by atoms with van der Waals surface area (Å²) in [4.78, 5) is 24.8. The van der Waals surface area contributed by atoms with Crippen LogP contribution in [0.3, 0.4) is 0 Å². The summed E-state index contributed by atoms with van der Waals surface area (Å²) in [5, 5.41) is 8.57. The van der Waals surface area contributed by atoms with E-state index in [1.54, 1.807) is 11.9 Å². The number of hydrogen-bond acceptors (Lipinski definition) is 3. The summed E-state index contributed by atoms with van der Waals surface area (Å²) in [6.07, 6.45) is 0. The molecule has 21 heavy (non-hydrogen) atoms. The SMILES string of the molecule is Cc1ccc(CN(C)C(=O)CSC(C(=O)O)C(C)C)cc1. The number of thioether (sulfide) groups is 1. The fourth-order valence-corrected chi connectivity index (χ4v) is 2.95. The number of carbonyl (C=O) groups is 2. The summed E-state index contributed by atoms with van der Waals surface area (Å²) < 4.78 is 0. The molecule has 0 fully saturated rings. The van der Waals surface area contributed by atoms with Crippen molar-refractivity contribution in [3.05, 3.63) is 35.4 Å². The number of amides is 1. The molecule has 1 amide bonds. The fraction of sp³-hybridized carbons (Fsp3) is 0.500. The van der Waals surface area contributed by atoms with Gasteiger partial charge in [0.25, 0.3) is 0 Å². The number of hydrogen-bond donors (Lipinski definition) is 1. The highest BCUT2D eigenvalue weighted by Gasteiger charge is 2.23. The zero-order valence-corrected chi connectivity index (χ0v) is 13.8. The third-order valence-electron chi connectivity index (χ3n) is 3.20. The van der Waals surface area contributed by atoms with Crippen molar-refractivity contribution in [3.63, 3.8) is 0 Å². The van der Waals surface area contributed by atoms with Crippen LogP contribution in [0.15, 0.2) is 24.3 Å². The van der Waals surface area contributed by atoms with E-state index in [0.29, 0.717) is 6.54 Å². The normalized spacial score (nSPS) is 12.2. The van der Waals surface area contributed by atoms with E-state index in [4.69, 9.17) is 5.11 Å². The third kappa shape index (κ3) is 5.79. The van der Waals surface area contributed by atoms with Crippen molar-refractivity contribution in [2.24, 2.45) is 5.92 Å². The zero-order chi connectivity index (χ0) is 16.0. The summed E-state index contributed by atoms with van der Waals surface area (Å²) in [7, 11) is 1.74. The van der Waals surface area contributed by atoms with E-state index in [-0.39, 0.29) is 17.6 Å². The van der Waals surface area contributed by atoms with Gasteiger partial charge < -0.3 is 10.0 Å². The molecule has 1 unspecified atom stereocenters. The van der Waals surface area contributed by atoms with Crippen LogP contribution in [0.25, 0.3) is 0 Å². The van der Waals surface area contributed by atoms with Crippen LogP contribution in [-0.2, 0) is 16.1 Å². The number of aliphatic carboxylic acids is 1. The summed E-state index contributed by atoms with van der Waals surface area (Å²) in [5.41, 5.74) is 2.25. The molecule has 0 saturated heterocycles. The first-order valence-corrected chi connectivity index (χ1v) is 8.00. The first-order valence-electron chi connectivity index (χ1n) is 6.95. The molecule has 0 radical (unpaired) electrons. The highest BCUT2D eigenvalue weighted by atomic mass is 32.2. The van der Waals surface area contributed by atoms with E-state index in [1.807, 2.05) is 45.0 Å². The summed E-state index contributed by atoms with van der Waals surface area (Å²) in [6, 6.07) is 8.03. The minimum absolute atomic E-state index is 0.00250. The van der Waals surface area contributed by atoms with E-state index in [0.717, 1.165) is 5.56 Å². The number of carboxylic acids is 1. The Kier molecular flexibility index (Phi) is 6.75. The molecule has 0 bridgehead atoms. The van der Waals surface area contributed by atoms with Crippen LogP contribution in [0.4, 0.5) is 0 Å². The summed E-state index contributed by atoms with van der Waals surface area (Å²) in [5.74, 6) is -0.712. The molecule has 1 aromatic carbocycles. The molecule has 1 aromatic rings. The summed E-state index contributed by atoms with van der Waals surface area (Å²) in [6.45, 7) is 6.27. The molecule has 5 heteroatoms. The molecule has 0 heterocycles. The highest BCUT2D eigenvalue weighted by molar-refractivity contribution is 8.01. The molecular weight excluding hydrogens is 286 g/mol. The Hall–Kier alpha value is -1.49. The lowest BCUT2D eigenvalue weighted by Gasteiger charge is -2.20. The minimum Gasteiger partial charge on any atom is -0.480 e. The minimum atomic E-state index is -0.857. The molecule has 0 spiro atoms. The van der Waals surface area contributed by atoms with E-state index in [9.17, 15) is 9.59 Å². The lowest BCUT2D eigenvalue weighted by molar-refractivity contribution is -0.137. The Morgan fingerprint density at radius 3 is 2.29 bits per heavy atom. The van der Waals surface area contributed by atoms with Crippen molar-refractivity contribution in [2.75, 3.05) is 12.8 Å². The maximum Gasteiger partial charge on any atom is 0.316 e. The quantitative estimate of drug-likeness (QED) is 0.841. The molecule has 0 aliphatic rings. The average Bonchev–Trinajstić information content (AvgIpc) is 2.40. The van der Waals surface area contributed by atoms with Gasteiger partial charge in [-0.2, -0.15) is 0 Å². The van der Waals surface area contributed by atoms with Gasteiger partial charge in [-0.25, -0.2) is 0 Å². The Morgan fingerprint density at radius 2 is 1.81 bits per heavy atom. The lowest BCUT2D eigenvalue weighted by atomic mass is 10.1. The Balaban J connectivity index is 2.51. The van der Waals surface area contributed by atoms with Gasteiger partial charge in [-0.05, 0) is 18.4 Å².